The highest BCUT2D eigenvalue weighted by Crippen LogP contribution is 2.58. The third-order valence-electron chi connectivity index (χ3n) is 6.05. The minimum atomic E-state index is -0.0259. The number of methoxy groups -OCH3 is 1. The fourth-order valence-corrected chi connectivity index (χ4v) is 6.33. The van der Waals surface area contributed by atoms with Crippen molar-refractivity contribution >= 4 is 15.9 Å². The molecule has 0 radical (unpaired) electrons. The molecule has 1 saturated heterocycles. The topological polar surface area (TPSA) is 27.7 Å². The zero-order valence-corrected chi connectivity index (χ0v) is 13.2. The lowest BCUT2D eigenvalue weighted by atomic mass is 9.78. The molecular weight excluding hydrogens is 308 g/mol. The number of halogens is 1. The average Bonchev–Trinajstić information content (AvgIpc) is 3.02. The summed E-state index contributed by atoms with van der Waals surface area (Å²) in [6, 6.07) is 0. The molecule has 1 heterocycles. The van der Waals surface area contributed by atoms with Gasteiger partial charge >= 0.3 is 0 Å². The van der Waals surface area contributed by atoms with Gasteiger partial charge in [0.05, 0.1) is 18.3 Å². The van der Waals surface area contributed by atoms with E-state index < -0.39 is 0 Å². The van der Waals surface area contributed by atoms with Crippen molar-refractivity contribution in [2.75, 3.05) is 7.11 Å². The maximum atomic E-state index is 6.47. The Balaban J connectivity index is 1.67. The molecule has 4 aliphatic rings. The number of rotatable bonds is 1. The van der Waals surface area contributed by atoms with Crippen molar-refractivity contribution in [3.05, 3.63) is 0 Å². The average molecular weight is 331 g/mol. The van der Waals surface area contributed by atoms with Gasteiger partial charge in [-0.15, -0.1) is 0 Å². The van der Waals surface area contributed by atoms with Crippen molar-refractivity contribution in [3.63, 3.8) is 0 Å². The minimum Gasteiger partial charge on any atom is -0.371 e. The molecular formula is C15H23BrO3. The Bertz CT molecular complexity index is 363. The molecule has 19 heavy (non-hydrogen) atoms. The van der Waals surface area contributed by atoms with E-state index >= 15 is 0 Å². The van der Waals surface area contributed by atoms with Crippen molar-refractivity contribution in [1.82, 2.24) is 0 Å². The van der Waals surface area contributed by atoms with E-state index in [0.29, 0.717) is 34.8 Å². The van der Waals surface area contributed by atoms with Gasteiger partial charge in [-0.3, -0.25) is 0 Å². The summed E-state index contributed by atoms with van der Waals surface area (Å²) in [5.41, 5.74) is 0. The van der Waals surface area contributed by atoms with Crippen molar-refractivity contribution in [2.45, 2.75) is 62.0 Å². The first kappa shape index (κ1) is 13.1. The molecule has 0 aromatic rings. The van der Waals surface area contributed by atoms with Gasteiger partial charge in [-0.05, 0) is 43.4 Å². The van der Waals surface area contributed by atoms with E-state index in [9.17, 15) is 0 Å². The van der Waals surface area contributed by atoms with E-state index in [-0.39, 0.29) is 12.4 Å². The number of fused-ring (bicyclic) bond motifs is 2. The van der Waals surface area contributed by atoms with E-state index in [1.165, 1.54) is 12.8 Å². The van der Waals surface area contributed by atoms with Crippen LogP contribution in [0.4, 0.5) is 0 Å². The molecule has 4 heteroatoms. The first-order chi connectivity index (χ1) is 9.20. The molecule has 0 aromatic heterocycles. The van der Waals surface area contributed by atoms with E-state index in [2.05, 4.69) is 22.9 Å². The SMILES string of the molecule is COC1OC2CCCC2OC2C(Br)C3CC2C1C3C. The smallest absolute Gasteiger partial charge is 0.161 e. The van der Waals surface area contributed by atoms with Crippen LogP contribution in [-0.4, -0.2) is 36.5 Å². The lowest BCUT2D eigenvalue weighted by molar-refractivity contribution is -0.252. The molecule has 0 spiro atoms. The largest absolute Gasteiger partial charge is 0.371 e. The highest BCUT2D eigenvalue weighted by atomic mass is 79.9. The zero-order chi connectivity index (χ0) is 13.1. The van der Waals surface area contributed by atoms with Gasteiger partial charge in [0.1, 0.15) is 0 Å². The molecule has 0 amide bonds. The van der Waals surface area contributed by atoms with Crippen LogP contribution in [0, 0.1) is 23.7 Å². The van der Waals surface area contributed by atoms with Gasteiger partial charge in [0.2, 0.25) is 0 Å². The van der Waals surface area contributed by atoms with Crippen LogP contribution in [0.25, 0.3) is 0 Å². The fraction of sp³-hybridized carbons (Fsp3) is 1.00. The van der Waals surface area contributed by atoms with E-state index in [1.807, 2.05) is 0 Å². The van der Waals surface area contributed by atoms with Gasteiger partial charge < -0.3 is 14.2 Å². The van der Waals surface area contributed by atoms with E-state index in [0.717, 1.165) is 18.8 Å². The molecule has 3 saturated carbocycles. The number of hydrogen-bond donors (Lipinski definition) is 0. The second-order valence-electron chi connectivity index (χ2n) is 6.79. The molecule has 1 aliphatic heterocycles. The summed E-state index contributed by atoms with van der Waals surface area (Å²) in [6.07, 6.45) is 5.65. The summed E-state index contributed by atoms with van der Waals surface area (Å²) in [5, 5.41) is 0. The van der Waals surface area contributed by atoms with Crippen molar-refractivity contribution in [2.24, 2.45) is 23.7 Å². The van der Waals surface area contributed by atoms with Crippen molar-refractivity contribution in [1.29, 1.82) is 0 Å². The second-order valence-corrected chi connectivity index (χ2v) is 7.85. The molecule has 108 valence electrons. The molecule has 4 fully saturated rings. The van der Waals surface area contributed by atoms with Gasteiger partial charge in [0, 0.05) is 17.9 Å². The zero-order valence-electron chi connectivity index (χ0n) is 11.6. The van der Waals surface area contributed by atoms with Gasteiger partial charge in [-0.1, -0.05) is 22.9 Å². The highest BCUT2D eigenvalue weighted by molar-refractivity contribution is 9.09. The molecule has 9 atom stereocenters. The number of hydrogen-bond acceptors (Lipinski definition) is 3. The molecule has 0 aromatic carbocycles. The standard InChI is InChI=1S/C15H23BrO3/c1-7-8-6-9-12(7)15(17-2)19-11-5-3-4-10(11)18-14(9)13(8)16/h7-15H,3-6H2,1-2H3. The van der Waals surface area contributed by atoms with Crippen LogP contribution in [0.1, 0.15) is 32.6 Å². The first-order valence-corrected chi connectivity index (χ1v) is 8.60. The molecule has 4 rings (SSSR count). The summed E-state index contributed by atoms with van der Waals surface area (Å²) < 4.78 is 18.5. The van der Waals surface area contributed by atoms with Gasteiger partial charge in [-0.25, -0.2) is 0 Å². The van der Waals surface area contributed by atoms with Crippen LogP contribution in [0.5, 0.6) is 0 Å². The molecule has 0 N–H and O–H groups in total. The maximum Gasteiger partial charge on any atom is 0.161 e. The Hall–Kier alpha value is 0.360. The van der Waals surface area contributed by atoms with E-state index in [4.69, 9.17) is 14.2 Å². The van der Waals surface area contributed by atoms with Crippen molar-refractivity contribution < 1.29 is 14.2 Å². The van der Waals surface area contributed by atoms with Crippen LogP contribution in [-0.2, 0) is 14.2 Å². The lowest BCUT2D eigenvalue weighted by Gasteiger charge is -2.45. The van der Waals surface area contributed by atoms with Crippen LogP contribution < -0.4 is 0 Å². The summed E-state index contributed by atoms with van der Waals surface area (Å²) in [5.74, 6) is 2.50. The number of alkyl halides is 1. The lowest BCUT2D eigenvalue weighted by Crippen LogP contribution is -2.51. The van der Waals surface area contributed by atoms with E-state index in [1.54, 1.807) is 7.11 Å². The van der Waals surface area contributed by atoms with Gasteiger partial charge in [-0.2, -0.15) is 0 Å². The van der Waals surface area contributed by atoms with Gasteiger partial charge in [0.15, 0.2) is 6.29 Å². The summed E-state index contributed by atoms with van der Waals surface area (Å²) in [7, 11) is 1.80. The summed E-state index contributed by atoms with van der Waals surface area (Å²) >= 11 is 3.92. The highest BCUT2D eigenvalue weighted by Gasteiger charge is 2.61. The first-order valence-electron chi connectivity index (χ1n) is 7.68. The summed E-state index contributed by atoms with van der Waals surface area (Å²) in [4.78, 5) is 0.528. The summed E-state index contributed by atoms with van der Waals surface area (Å²) in [6.45, 7) is 2.36. The fourth-order valence-electron chi connectivity index (χ4n) is 5.12. The normalized spacial score (nSPS) is 59.8. The Labute approximate surface area is 123 Å². The molecule has 3 aliphatic carbocycles. The second kappa shape index (κ2) is 4.69. The Morgan fingerprint density at radius 3 is 2.53 bits per heavy atom. The molecule has 2 bridgehead atoms. The minimum absolute atomic E-state index is 0.0259. The van der Waals surface area contributed by atoms with Crippen LogP contribution in [0.3, 0.4) is 0 Å². The Kier molecular flexibility index (Phi) is 3.22. The third kappa shape index (κ3) is 1.79. The predicted octanol–water partition coefficient (Wildman–Crippen LogP) is 2.96. The maximum absolute atomic E-state index is 6.47. The number of ether oxygens (including phenoxy) is 3. The quantitative estimate of drug-likeness (QED) is 0.692. The monoisotopic (exact) mass is 330 g/mol. The van der Waals surface area contributed by atoms with Crippen LogP contribution in [0.2, 0.25) is 0 Å². The Morgan fingerprint density at radius 2 is 1.84 bits per heavy atom. The van der Waals surface area contributed by atoms with Crippen LogP contribution >= 0.6 is 15.9 Å². The third-order valence-corrected chi connectivity index (χ3v) is 7.25. The molecule has 9 unspecified atom stereocenters. The van der Waals surface area contributed by atoms with Crippen LogP contribution in [0.15, 0.2) is 0 Å². The Morgan fingerprint density at radius 1 is 1.11 bits per heavy atom. The predicted molar refractivity (Wildman–Crippen MR) is 75.1 cm³/mol. The molecule has 3 nitrogen and oxygen atoms in total. The van der Waals surface area contributed by atoms with Gasteiger partial charge in [0.25, 0.3) is 0 Å². The van der Waals surface area contributed by atoms with Crippen molar-refractivity contribution in [3.8, 4) is 0 Å².